The fraction of sp³-hybridized carbons (Fsp3) is 0.278. The second-order valence-electron chi connectivity index (χ2n) is 5.10. The minimum atomic E-state index is 0.954. The fourth-order valence-corrected chi connectivity index (χ4v) is 2.83. The van der Waals surface area contributed by atoms with Crippen molar-refractivity contribution in [1.29, 1.82) is 0 Å². The molecule has 0 radical (unpaired) electrons. The molecule has 2 nitrogen and oxygen atoms in total. The molecule has 0 aliphatic heterocycles. The Morgan fingerprint density at radius 2 is 1.75 bits per heavy atom. The zero-order valence-electron chi connectivity index (χ0n) is 12.3. The molecule has 0 bridgehead atoms. The molecule has 0 saturated carbocycles. The van der Waals surface area contributed by atoms with E-state index < -0.39 is 0 Å². The summed E-state index contributed by atoms with van der Waals surface area (Å²) in [5.41, 5.74) is 3.19. The van der Waals surface area contributed by atoms with Gasteiger partial charge in [0.2, 0.25) is 0 Å². The van der Waals surface area contributed by atoms with Crippen LogP contribution in [0.5, 0.6) is 0 Å². The summed E-state index contributed by atoms with van der Waals surface area (Å²) < 4.78 is 8.36. The number of nitrogens with zero attached hydrogens (tertiary/aromatic N) is 1. The van der Waals surface area contributed by atoms with Gasteiger partial charge in [-0.2, -0.15) is 4.58 Å². The summed E-state index contributed by atoms with van der Waals surface area (Å²) >= 11 is 0. The largest absolute Gasteiger partial charge is 0.405 e. The molecule has 3 rings (SSSR count). The highest BCUT2D eigenvalue weighted by molar-refractivity contribution is 6.06. The number of aryl methyl sites for hydroxylation is 1. The highest BCUT2D eigenvalue weighted by Crippen LogP contribution is 2.26. The minimum absolute atomic E-state index is 0.954. The van der Waals surface area contributed by atoms with Gasteiger partial charge in [0, 0.05) is 5.39 Å². The molecule has 0 spiro atoms. The van der Waals surface area contributed by atoms with Gasteiger partial charge in [-0.1, -0.05) is 30.3 Å². The van der Waals surface area contributed by atoms with Crippen molar-refractivity contribution in [3.63, 3.8) is 0 Å². The Morgan fingerprint density at radius 3 is 2.50 bits per heavy atom. The van der Waals surface area contributed by atoms with E-state index in [9.17, 15) is 0 Å². The van der Waals surface area contributed by atoms with Gasteiger partial charge in [-0.05, 0) is 43.2 Å². The van der Waals surface area contributed by atoms with E-state index in [1.807, 2.05) is 0 Å². The summed E-state index contributed by atoms with van der Waals surface area (Å²) in [6.45, 7) is 8.38. The van der Waals surface area contributed by atoms with Crippen molar-refractivity contribution in [2.75, 3.05) is 13.1 Å². The van der Waals surface area contributed by atoms with E-state index in [0.717, 1.165) is 24.2 Å². The van der Waals surface area contributed by atoms with Crippen molar-refractivity contribution >= 4 is 21.7 Å². The van der Waals surface area contributed by atoms with Crippen LogP contribution < -0.4 is 10.1 Å². The molecule has 0 amide bonds. The van der Waals surface area contributed by atoms with Crippen molar-refractivity contribution in [2.24, 2.45) is 0 Å². The van der Waals surface area contributed by atoms with Crippen LogP contribution in [0.2, 0.25) is 0 Å². The van der Waals surface area contributed by atoms with Gasteiger partial charge in [0.1, 0.15) is 18.7 Å². The van der Waals surface area contributed by atoms with E-state index >= 15 is 0 Å². The van der Waals surface area contributed by atoms with E-state index in [2.05, 4.69) is 67.8 Å². The predicted molar refractivity (Wildman–Crippen MR) is 84.8 cm³/mol. The molecular formula is C18H20NO+. The third-order valence-corrected chi connectivity index (χ3v) is 3.91. The molecule has 20 heavy (non-hydrogen) atoms. The van der Waals surface area contributed by atoms with Crippen LogP contribution in [0, 0.1) is 6.92 Å². The van der Waals surface area contributed by atoms with Gasteiger partial charge < -0.3 is 4.42 Å². The third kappa shape index (κ3) is 2.01. The summed E-state index contributed by atoms with van der Waals surface area (Å²) in [7, 11) is 0. The highest BCUT2D eigenvalue weighted by atomic mass is 16.3. The number of benzene rings is 2. The van der Waals surface area contributed by atoms with Crippen LogP contribution in [0.3, 0.4) is 0 Å². The molecule has 1 heterocycles. The molecule has 2 aromatic carbocycles. The van der Waals surface area contributed by atoms with Crippen LogP contribution in [-0.4, -0.2) is 13.1 Å². The number of rotatable bonds is 2. The molecular weight excluding hydrogens is 246 g/mol. The van der Waals surface area contributed by atoms with Crippen LogP contribution in [0.25, 0.3) is 21.7 Å². The van der Waals surface area contributed by atoms with E-state index in [0.29, 0.717) is 0 Å². The smallest absolute Gasteiger partial charge is 0.368 e. The first-order valence-corrected chi connectivity index (χ1v) is 7.24. The molecule has 3 aromatic rings. The molecule has 0 atom stereocenters. The number of hydrogen-bond donors (Lipinski definition) is 0. The van der Waals surface area contributed by atoms with Gasteiger partial charge in [-0.3, -0.25) is 0 Å². The van der Waals surface area contributed by atoms with Crippen molar-refractivity contribution in [3.8, 4) is 0 Å². The van der Waals surface area contributed by atoms with Crippen LogP contribution >= 0.6 is 0 Å². The maximum atomic E-state index is 6.12. The van der Waals surface area contributed by atoms with Gasteiger partial charge in [0.05, 0.1) is 6.07 Å². The zero-order chi connectivity index (χ0) is 14.1. The molecule has 0 N–H and O–H groups in total. The lowest BCUT2D eigenvalue weighted by Crippen LogP contribution is -2.29. The van der Waals surface area contributed by atoms with Gasteiger partial charge in [0.25, 0.3) is 0 Å². The average molecular weight is 266 g/mol. The van der Waals surface area contributed by atoms with Crippen LogP contribution in [-0.2, 0) is 0 Å². The molecule has 1 aromatic heterocycles. The summed E-state index contributed by atoms with van der Waals surface area (Å²) in [5.74, 6) is 0. The number of hydrogen-bond acceptors (Lipinski definition) is 1. The Kier molecular flexibility index (Phi) is 3.31. The van der Waals surface area contributed by atoms with Gasteiger partial charge in [0.15, 0.2) is 0 Å². The Balaban J connectivity index is 2.46. The van der Waals surface area contributed by atoms with Gasteiger partial charge >= 0.3 is 5.55 Å². The monoisotopic (exact) mass is 266 g/mol. The van der Waals surface area contributed by atoms with Crippen LogP contribution in [0.1, 0.15) is 19.4 Å². The fourth-order valence-electron chi connectivity index (χ4n) is 2.83. The van der Waals surface area contributed by atoms with Gasteiger partial charge in [-0.15, -0.1) is 0 Å². The third-order valence-electron chi connectivity index (χ3n) is 3.91. The maximum Gasteiger partial charge on any atom is 0.368 e. The molecule has 0 aliphatic carbocycles. The lowest BCUT2D eigenvalue weighted by molar-refractivity contribution is 0.455. The van der Waals surface area contributed by atoms with Crippen LogP contribution in [0.4, 0.5) is 0 Å². The first-order chi connectivity index (χ1) is 9.74. The summed E-state index contributed by atoms with van der Waals surface area (Å²) in [6.07, 6.45) is 0. The lowest BCUT2D eigenvalue weighted by atomic mass is 10.0. The topological polar surface area (TPSA) is 16.1 Å². The highest BCUT2D eigenvalue weighted by Gasteiger charge is 2.09. The van der Waals surface area contributed by atoms with E-state index in [1.54, 1.807) is 0 Å². The van der Waals surface area contributed by atoms with Crippen LogP contribution in [0.15, 0.2) is 46.9 Å². The maximum absolute atomic E-state index is 6.12. The van der Waals surface area contributed by atoms with Crippen molar-refractivity contribution in [1.82, 2.24) is 4.58 Å². The second-order valence-corrected chi connectivity index (χ2v) is 5.10. The standard InChI is InChI=1S/C18H20NO/c1-4-19(5-2)17-12-13(3)18-15-9-7-6-8-14(15)10-11-16(18)20-17/h6-12H,4-5H2,1-3H3/q+1. The van der Waals surface area contributed by atoms with E-state index in [1.165, 1.54) is 21.7 Å². The Hall–Kier alpha value is -2.09. The Morgan fingerprint density at radius 1 is 1.00 bits per heavy atom. The Bertz CT molecular complexity index is 837. The van der Waals surface area contributed by atoms with E-state index in [4.69, 9.17) is 4.42 Å². The van der Waals surface area contributed by atoms with Gasteiger partial charge in [-0.25, -0.2) is 0 Å². The lowest BCUT2D eigenvalue weighted by Gasteiger charge is -2.06. The molecule has 102 valence electrons. The molecule has 0 fully saturated rings. The molecule has 0 saturated heterocycles. The predicted octanol–water partition coefficient (Wildman–Crippen LogP) is 3.71. The summed E-state index contributed by atoms with van der Waals surface area (Å²) in [4.78, 5) is 0. The molecule has 2 heteroatoms. The van der Waals surface area contributed by atoms with Crippen molar-refractivity contribution in [2.45, 2.75) is 20.8 Å². The first-order valence-electron chi connectivity index (χ1n) is 7.24. The molecule has 0 unspecified atom stereocenters. The van der Waals surface area contributed by atoms with Crippen molar-refractivity contribution < 1.29 is 4.42 Å². The molecule has 0 aliphatic rings. The number of fused-ring (bicyclic) bond motifs is 3. The minimum Gasteiger partial charge on any atom is -0.405 e. The normalized spacial score (nSPS) is 11.2. The zero-order valence-corrected chi connectivity index (χ0v) is 12.3. The Labute approximate surface area is 119 Å². The quantitative estimate of drug-likeness (QED) is 0.510. The van der Waals surface area contributed by atoms with E-state index in [-0.39, 0.29) is 0 Å². The second kappa shape index (κ2) is 5.12. The SMILES string of the molecule is CC[N+](CC)=c1cc(C)c2c(ccc3ccccc32)o1. The average Bonchev–Trinajstić information content (AvgIpc) is 2.48. The summed E-state index contributed by atoms with van der Waals surface area (Å²) in [6, 6.07) is 14.8. The van der Waals surface area contributed by atoms with Crippen molar-refractivity contribution in [3.05, 3.63) is 53.6 Å². The summed E-state index contributed by atoms with van der Waals surface area (Å²) in [5, 5.41) is 3.74. The first kappa shape index (κ1) is 12.9.